The van der Waals surface area contributed by atoms with E-state index >= 15 is 0 Å². The van der Waals surface area contributed by atoms with Crippen molar-refractivity contribution in [2.24, 2.45) is 0 Å². The Morgan fingerprint density at radius 2 is 1.87 bits per heavy atom. The molecule has 0 radical (unpaired) electrons. The summed E-state index contributed by atoms with van der Waals surface area (Å²) in [6.07, 6.45) is 0.676. The molecule has 1 unspecified atom stereocenters. The Labute approximate surface area is 90.8 Å². The lowest BCUT2D eigenvalue weighted by Gasteiger charge is -2.13. The smallest absolute Gasteiger partial charge is 0.279 e. The molecule has 4 nitrogen and oxygen atoms in total. The van der Waals surface area contributed by atoms with Gasteiger partial charge in [-0.05, 0) is 35.7 Å². The lowest BCUT2D eigenvalue weighted by atomic mass is 10.2. The molecule has 5 heteroatoms. The molecule has 1 rings (SSSR count). The first-order chi connectivity index (χ1) is 7.08. The molecule has 0 saturated carbocycles. The van der Waals surface area contributed by atoms with Crippen LogP contribution < -0.4 is 11.2 Å². The quantitative estimate of drug-likeness (QED) is 0.723. The maximum Gasteiger partial charge on any atom is 0.334 e. The lowest BCUT2D eigenvalue weighted by Crippen LogP contribution is -2.40. The zero-order valence-electron chi connectivity index (χ0n) is 9.63. The molecule has 1 atom stereocenters. The highest BCUT2D eigenvalue weighted by Crippen LogP contribution is 2.11. The van der Waals surface area contributed by atoms with Crippen LogP contribution in [0.3, 0.4) is 0 Å². The van der Waals surface area contributed by atoms with Crippen LogP contribution in [0, 0.1) is 6.92 Å². The summed E-state index contributed by atoms with van der Waals surface area (Å²) >= 11 is 0. The molecule has 0 aliphatic rings. The van der Waals surface area contributed by atoms with E-state index in [1.54, 1.807) is 4.34 Å². The van der Waals surface area contributed by atoms with Crippen LogP contribution in [-0.2, 0) is 13.0 Å². The molecule has 0 N–H and O–H groups in total. The highest BCUT2D eigenvalue weighted by molar-refractivity contribution is 7.35. The monoisotopic (exact) mass is 228 g/mol. The van der Waals surface area contributed by atoms with Crippen LogP contribution in [-0.4, -0.2) is 15.6 Å². The Morgan fingerprint density at radius 3 is 2.27 bits per heavy atom. The average Bonchev–Trinajstić information content (AvgIpc) is 2.19. The Balaban J connectivity index is 3.73. The molecular formula is C10H17N2O2P. The number of nitrogens with zero attached hydrogens (tertiary/aromatic N) is 2. The van der Waals surface area contributed by atoms with Crippen LogP contribution in [0.2, 0.25) is 0 Å². The van der Waals surface area contributed by atoms with Crippen molar-refractivity contribution in [1.29, 1.82) is 0 Å². The fourth-order valence-electron chi connectivity index (χ4n) is 1.75. The van der Waals surface area contributed by atoms with Crippen molar-refractivity contribution in [2.75, 3.05) is 6.66 Å². The number of hydrogen-bond acceptors (Lipinski definition) is 2. The highest BCUT2D eigenvalue weighted by atomic mass is 31.1. The van der Waals surface area contributed by atoms with Crippen molar-refractivity contribution >= 4 is 8.73 Å². The SMILES string of the molecule is CCc1c(C)n(PC)c(=O)n(CC)c1=O. The van der Waals surface area contributed by atoms with E-state index in [1.165, 1.54) is 4.57 Å². The van der Waals surface area contributed by atoms with Crippen LogP contribution >= 0.6 is 8.73 Å². The lowest BCUT2D eigenvalue weighted by molar-refractivity contribution is 0.643. The van der Waals surface area contributed by atoms with E-state index in [-0.39, 0.29) is 11.2 Å². The molecule has 0 aliphatic carbocycles. The Bertz CT molecular complexity index is 434. The minimum Gasteiger partial charge on any atom is -0.279 e. The van der Waals surface area contributed by atoms with E-state index in [4.69, 9.17) is 0 Å². The molecule has 0 saturated heterocycles. The van der Waals surface area contributed by atoms with Crippen molar-refractivity contribution in [3.63, 3.8) is 0 Å². The molecule has 0 spiro atoms. The summed E-state index contributed by atoms with van der Waals surface area (Å²) in [6.45, 7) is 7.99. The molecule has 0 bridgehead atoms. The van der Waals surface area contributed by atoms with E-state index in [0.717, 1.165) is 11.3 Å². The predicted octanol–water partition coefficient (Wildman–Crippen LogP) is 0.972. The molecule has 1 aromatic heterocycles. The largest absolute Gasteiger partial charge is 0.334 e. The zero-order chi connectivity index (χ0) is 11.6. The van der Waals surface area contributed by atoms with E-state index < -0.39 is 0 Å². The summed E-state index contributed by atoms with van der Waals surface area (Å²) in [7, 11) is 0.367. The topological polar surface area (TPSA) is 44.0 Å². The maximum absolute atomic E-state index is 11.9. The second-order valence-corrected chi connectivity index (χ2v) is 4.20. The van der Waals surface area contributed by atoms with Crippen LogP contribution in [0.1, 0.15) is 25.1 Å². The number of hydrogen-bond donors (Lipinski definition) is 0. The summed E-state index contributed by atoms with van der Waals surface area (Å²) in [5.41, 5.74) is 1.26. The van der Waals surface area contributed by atoms with Crippen molar-refractivity contribution in [3.05, 3.63) is 32.1 Å². The van der Waals surface area contributed by atoms with Gasteiger partial charge in [0, 0.05) is 17.8 Å². The summed E-state index contributed by atoms with van der Waals surface area (Å²) in [4.78, 5) is 23.8. The van der Waals surface area contributed by atoms with Crippen molar-refractivity contribution in [2.45, 2.75) is 33.7 Å². The first-order valence-corrected chi connectivity index (χ1v) is 6.56. The molecule has 0 fully saturated rings. The maximum atomic E-state index is 11.9. The molecule has 1 aromatic rings. The first kappa shape index (κ1) is 12.2. The van der Waals surface area contributed by atoms with Gasteiger partial charge in [0.1, 0.15) is 0 Å². The molecular weight excluding hydrogens is 211 g/mol. The molecule has 0 aromatic carbocycles. The van der Waals surface area contributed by atoms with E-state index in [9.17, 15) is 9.59 Å². The van der Waals surface area contributed by atoms with Gasteiger partial charge >= 0.3 is 5.69 Å². The van der Waals surface area contributed by atoms with Gasteiger partial charge in [-0.3, -0.25) is 13.7 Å². The Kier molecular flexibility index (Phi) is 3.86. The Morgan fingerprint density at radius 1 is 1.27 bits per heavy atom. The summed E-state index contributed by atoms with van der Waals surface area (Å²) in [5, 5.41) is 0. The molecule has 0 amide bonds. The van der Waals surface area contributed by atoms with Gasteiger partial charge in [-0.1, -0.05) is 6.92 Å². The van der Waals surface area contributed by atoms with Gasteiger partial charge in [-0.2, -0.15) is 0 Å². The normalized spacial score (nSPS) is 11.5. The van der Waals surface area contributed by atoms with Crippen molar-refractivity contribution in [1.82, 2.24) is 8.90 Å². The standard InChI is InChI=1S/C10H17N2O2P/c1-5-8-7(3)12(15-4)10(14)11(6-2)9(8)13/h15H,5-6H2,1-4H3. The van der Waals surface area contributed by atoms with Crippen LogP contribution in [0.15, 0.2) is 9.59 Å². The van der Waals surface area contributed by atoms with Crippen LogP contribution in [0.4, 0.5) is 0 Å². The van der Waals surface area contributed by atoms with E-state index in [2.05, 4.69) is 0 Å². The third-order valence-corrected chi connectivity index (χ3v) is 3.56. The molecule has 15 heavy (non-hydrogen) atoms. The molecule has 1 heterocycles. The summed E-state index contributed by atoms with van der Waals surface area (Å²) < 4.78 is 2.99. The second-order valence-electron chi connectivity index (χ2n) is 3.31. The summed E-state index contributed by atoms with van der Waals surface area (Å²) in [6, 6.07) is 0. The second kappa shape index (κ2) is 4.75. The number of rotatable bonds is 3. The van der Waals surface area contributed by atoms with Gasteiger partial charge in [0.05, 0.1) is 0 Å². The zero-order valence-corrected chi connectivity index (χ0v) is 10.6. The third kappa shape index (κ3) is 1.91. The van der Waals surface area contributed by atoms with Crippen molar-refractivity contribution < 1.29 is 0 Å². The van der Waals surface area contributed by atoms with Gasteiger partial charge in [0.15, 0.2) is 0 Å². The number of aromatic nitrogens is 2. The van der Waals surface area contributed by atoms with E-state index in [1.807, 2.05) is 27.4 Å². The van der Waals surface area contributed by atoms with Crippen LogP contribution in [0.25, 0.3) is 0 Å². The molecule has 0 aliphatic heterocycles. The van der Waals surface area contributed by atoms with Gasteiger partial charge < -0.3 is 0 Å². The predicted molar refractivity (Wildman–Crippen MR) is 64.4 cm³/mol. The fourth-order valence-corrected chi connectivity index (χ4v) is 2.54. The summed E-state index contributed by atoms with van der Waals surface area (Å²) in [5.74, 6) is 0. The van der Waals surface area contributed by atoms with Gasteiger partial charge in [0.2, 0.25) is 0 Å². The van der Waals surface area contributed by atoms with Crippen LogP contribution in [0.5, 0.6) is 0 Å². The third-order valence-electron chi connectivity index (χ3n) is 2.59. The van der Waals surface area contributed by atoms with Gasteiger partial charge in [0.25, 0.3) is 5.56 Å². The minimum absolute atomic E-state index is 0.128. The minimum atomic E-state index is -0.182. The van der Waals surface area contributed by atoms with Gasteiger partial charge in [-0.15, -0.1) is 0 Å². The van der Waals surface area contributed by atoms with Gasteiger partial charge in [-0.25, -0.2) is 4.79 Å². The molecule has 84 valence electrons. The average molecular weight is 228 g/mol. The Hall–Kier alpha value is -0.890. The highest BCUT2D eigenvalue weighted by Gasteiger charge is 2.12. The fraction of sp³-hybridized carbons (Fsp3) is 0.600. The van der Waals surface area contributed by atoms with Crippen molar-refractivity contribution in [3.8, 4) is 0 Å². The first-order valence-electron chi connectivity index (χ1n) is 5.11. The van der Waals surface area contributed by atoms with E-state index in [0.29, 0.717) is 21.7 Å².